The lowest BCUT2D eigenvalue weighted by Crippen LogP contribution is -3.00. The molecular weight excluding hydrogens is 517 g/mol. The average molecular weight is 547 g/mol. The molecule has 1 saturated carbocycles. The molecule has 1 aliphatic heterocycles. The Morgan fingerprint density at radius 2 is 1.55 bits per heavy atom. The third-order valence-electron chi connectivity index (χ3n) is 7.95. The molecule has 1 saturated heterocycles. The van der Waals surface area contributed by atoms with E-state index in [0.29, 0.717) is 0 Å². The van der Waals surface area contributed by atoms with Crippen LogP contribution in [0.2, 0.25) is 0 Å². The molecule has 2 fully saturated rings. The molecule has 0 radical (unpaired) electrons. The number of halogens is 1. The topological polar surface area (TPSA) is 11.8 Å². The lowest BCUT2D eigenvalue weighted by molar-refractivity contribution is -0.479. The van der Waals surface area contributed by atoms with Crippen LogP contribution in [0.4, 0.5) is 5.69 Å². The van der Waals surface area contributed by atoms with Gasteiger partial charge < -0.3 is 28.9 Å². The van der Waals surface area contributed by atoms with Crippen molar-refractivity contribution in [3.63, 3.8) is 0 Å². The van der Waals surface area contributed by atoms with Crippen molar-refractivity contribution in [3.8, 4) is 0 Å². The molecule has 0 amide bonds. The Bertz CT molecular complexity index is 1470. The van der Waals surface area contributed by atoms with E-state index in [0.717, 1.165) is 5.92 Å². The van der Waals surface area contributed by atoms with E-state index >= 15 is 0 Å². The molecule has 33 heavy (non-hydrogen) atoms. The highest BCUT2D eigenvalue weighted by atomic mass is 127. The van der Waals surface area contributed by atoms with Gasteiger partial charge in [0.1, 0.15) is 17.2 Å². The molecule has 2 aliphatic rings. The number of rotatable bonds is 2. The number of benzene rings is 2. The van der Waals surface area contributed by atoms with Crippen LogP contribution in [0.15, 0.2) is 66.9 Å². The molecule has 2 aromatic carbocycles. The van der Waals surface area contributed by atoms with Gasteiger partial charge in [-0.2, -0.15) is 8.80 Å². The van der Waals surface area contributed by atoms with Crippen molar-refractivity contribution in [2.45, 2.75) is 50.9 Å². The van der Waals surface area contributed by atoms with E-state index in [1.54, 1.807) is 0 Å². The van der Waals surface area contributed by atoms with Crippen molar-refractivity contribution in [3.05, 3.63) is 72.4 Å². The SMILES string of the molecule is [I-].c1cc2c(ccc3n4c(ccc5cc(N6CCCC6)ccc54)c[n+]23)cc1C1CCCCC1. The van der Waals surface area contributed by atoms with E-state index in [9.17, 15) is 0 Å². The Morgan fingerprint density at radius 1 is 0.727 bits per heavy atom. The Balaban J connectivity index is 0.00000206. The van der Waals surface area contributed by atoms with Crippen molar-refractivity contribution in [1.29, 1.82) is 0 Å². The molecule has 4 heterocycles. The number of anilines is 1. The zero-order chi connectivity index (χ0) is 21.1. The van der Waals surface area contributed by atoms with Crippen LogP contribution in [-0.2, 0) is 0 Å². The molecule has 3 aromatic heterocycles. The molecule has 0 N–H and O–H groups in total. The van der Waals surface area contributed by atoms with Crippen LogP contribution in [0, 0.1) is 0 Å². The van der Waals surface area contributed by atoms with Crippen LogP contribution in [-0.4, -0.2) is 17.5 Å². The van der Waals surface area contributed by atoms with Crippen molar-refractivity contribution in [2.24, 2.45) is 0 Å². The fourth-order valence-electron chi connectivity index (χ4n) is 6.23. The summed E-state index contributed by atoms with van der Waals surface area (Å²) in [6.07, 6.45) is 11.8. The van der Waals surface area contributed by atoms with Gasteiger partial charge in [-0.1, -0.05) is 25.3 Å². The Kier molecular flexibility index (Phi) is 5.44. The van der Waals surface area contributed by atoms with Crippen LogP contribution in [0.3, 0.4) is 0 Å². The summed E-state index contributed by atoms with van der Waals surface area (Å²) < 4.78 is 4.79. The van der Waals surface area contributed by atoms with Gasteiger partial charge in [-0.15, -0.1) is 0 Å². The van der Waals surface area contributed by atoms with Crippen molar-refractivity contribution in [2.75, 3.05) is 18.0 Å². The summed E-state index contributed by atoms with van der Waals surface area (Å²) in [5, 5.41) is 2.66. The maximum Gasteiger partial charge on any atom is 0.292 e. The zero-order valence-corrected chi connectivity index (χ0v) is 21.2. The molecule has 3 nitrogen and oxygen atoms in total. The summed E-state index contributed by atoms with van der Waals surface area (Å²) in [5.74, 6) is 0.746. The van der Waals surface area contributed by atoms with E-state index in [4.69, 9.17) is 0 Å². The Hall–Kier alpha value is -2.34. The number of hydrogen-bond donors (Lipinski definition) is 0. The van der Waals surface area contributed by atoms with E-state index in [1.165, 1.54) is 102 Å². The highest BCUT2D eigenvalue weighted by Crippen LogP contribution is 2.34. The Labute approximate surface area is 212 Å². The first-order valence-electron chi connectivity index (χ1n) is 12.4. The van der Waals surface area contributed by atoms with Crippen LogP contribution in [0.25, 0.3) is 33.0 Å². The van der Waals surface area contributed by atoms with Gasteiger partial charge in [-0.05, 0) is 85.7 Å². The quantitative estimate of drug-likeness (QED) is 0.243. The minimum atomic E-state index is 0. The van der Waals surface area contributed by atoms with Gasteiger partial charge in [0.2, 0.25) is 0 Å². The van der Waals surface area contributed by atoms with E-state index < -0.39 is 0 Å². The minimum Gasteiger partial charge on any atom is -1.00 e. The molecular formula is C29H30IN3. The van der Waals surface area contributed by atoms with Crippen LogP contribution in [0.5, 0.6) is 0 Å². The molecule has 0 bridgehead atoms. The van der Waals surface area contributed by atoms with Gasteiger partial charge in [0.15, 0.2) is 5.52 Å². The van der Waals surface area contributed by atoms with Crippen molar-refractivity contribution in [1.82, 2.24) is 4.40 Å². The van der Waals surface area contributed by atoms with Gasteiger partial charge in [0.05, 0.1) is 0 Å². The lowest BCUT2D eigenvalue weighted by atomic mass is 9.84. The Morgan fingerprint density at radius 3 is 2.39 bits per heavy atom. The first-order chi connectivity index (χ1) is 15.8. The van der Waals surface area contributed by atoms with Crippen LogP contribution < -0.4 is 33.3 Å². The molecule has 0 spiro atoms. The second-order valence-corrected chi connectivity index (χ2v) is 9.87. The predicted molar refractivity (Wildman–Crippen MR) is 133 cm³/mol. The number of hydrogen-bond acceptors (Lipinski definition) is 1. The second-order valence-electron chi connectivity index (χ2n) is 9.87. The van der Waals surface area contributed by atoms with E-state index in [2.05, 4.69) is 80.6 Å². The number of imidazole rings is 1. The lowest BCUT2D eigenvalue weighted by Gasteiger charge is -2.22. The zero-order valence-electron chi connectivity index (χ0n) is 19.0. The third-order valence-corrected chi connectivity index (χ3v) is 7.95. The number of pyridine rings is 2. The van der Waals surface area contributed by atoms with Crippen LogP contribution in [0.1, 0.15) is 56.4 Å². The molecule has 0 unspecified atom stereocenters. The molecule has 4 heteroatoms. The molecule has 7 rings (SSSR count). The normalized spacial score (nSPS) is 17.4. The van der Waals surface area contributed by atoms with Gasteiger partial charge in [-0.25, -0.2) is 0 Å². The van der Waals surface area contributed by atoms with Gasteiger partial charge in [0.25, 0.3) is 5.65 Å². The summed E-state index contributed by atoms with van der Waals surface area (Å²) in [5.41, 5.74) is 7.95. The van der Waals surface area contributed by atoms with Gasteiger partial charge >= 0.3 is 0 Å². The molecule has 1 aliphatic carbocycles. The molecule has 168 valence electrons. The monoisotopic (exact) mass is 547 g/mol. The van der Waals surface area contributed by atoms with Crippen molar-refractivity contribution >= 4 is 38.7 Å². The predicted octanol–water partition coefficient (Wildman–Crippen LogP) is 3.64. The van der Waals surface area contributed by atoms with Gasteiger partial charge in [-0.3, -0.25) is 0 Å². The number of aromatic nitrogens is 2. The van der Waals surface area contributed by atoms with Gasteiger partial charge in [0, 0.05) is 35.6 Å². The second kappa shape index (κ2) is 8.46. The molecule has 5 aromatic rings. The number of nitrogens with zero attached hydrogens (tertiary/aromatic N) is 3. The molecule has 0 atom stereocenters. The smallest absolute Gasteiger partial charge is 0.292 e. The maximum atomic E-state index is 2.52. The summed E-state index contributed by atoms with van der Waals surface area (Å²) in [6, 6.07) is 23.3. The fraction of sp³-hybridized carbons (Fsp3) is 0.345. The fourth-order valence-corrected chi connectivity index (χ4v) is 6.23. The third kappa shape index (κ3) is 3.49. The highest BCUT2D eigenvalue weighted by molar-refractivity contribution is 5.88. The first kappa shape index (κ1) is 21.2. The van der Waals surface area contributed by atoms with E-state index in [1.807, 2.05) is 0 Å². The standard InChI is InChI=1S/C29H30N3.HI/c1-2-6-21(7-3-1)22-9-13-27-23(18-22)10-15-29-31(27)20-26-11-8-24-19-25(30-16-4-5-17-30)12-14-28(24)32(26)29;/h8-15,18-21H,1-7,16-17H2;1H/q+1;/p-1. The maximum absolute atomic E-state index is 2.52. The first-order valence-corrected chi connectivity index (χ1v) is 12.4. The summed E-state index contributed by atoms with van der Waals surface area (Å²) >= 11 is 0. The van der Waals surface area contributed by atoms with Crippen molar-refractivity contribution < 1.29 is 28.4 Å². The number of fused-ring (bicyclic) bond motifs is 7. The van der Waals surface area contributed by atoms with Crippen LogP contribution >= 0.6 is 0 Å². The van der Waals surface area contributed by atoms with E-state index in [-0.39, 0.29) is 24.0 Å². The average Bonchev–Trinajstić information content (AvgIpc) is 3.52. The summed E-state index contributed by atoms with van der Waals surface area (Å²) in [6.45, 7) is 2.37. The summed E-state index contributed by atoms with van der Waals surface area (Å²) in [7, 11) is 0. The minimum absolute atomic E-state index is 0. The largest absolute Gasteiger partial charge is 1.00 e. The highest BCUT2D eigenvalue weighted by Gasteiger charge is 2.20. The summed E-state index contributed by atoms with van der Waals surface area (Å²) in [4.78, 5) is 2.52.